The Balaban J connectivity index is 2.20. The van der Waals surface area contributed by atoms with Gasteiger partial charge < -0.3 is 0 Å². The van der Waals surface area contributed by atoms with Crippen LogP contribution in [0.15, 0.2) is 0 Å². The molecule has 0 bridgehead atoms. The van der Waals surface area contributed by atoms with Crippen LogP contribution in [-0.2, 0) is 0 Å². The van der Waals surface area contributed by atoms with Gasteiger partial charge in [-0.15, -0.1) is 0 Å². The largest absolute Gasteiger partial charge is 0.0874 e. The van der Waals surface area contributed by atoms with Crippen LogP contribution in [0.25, 0.3) is 0 Å². The summed E-state index contributed by atoms with van der Waals surface area (Å²) < 4.78 is 0. The molecule has 2 heteroatoms. The first-order valence-corrected chi connectivity index (χ1v) is 3.17. The van der Waals surface area contributed by atoms with Crippen LogP contribution in [0.3, 0.4) is 0 Å². The molecular weight excluding hydrogens is 196 g/mol. The summed E-state index contributed by atoms with van der Waals surface area (Å²) in [5.74, 6) is 0. The monoisotopic (exact) mass is 197 g/mol. The summed E-state index contributed by atoms with van der Waals surface area (Å²) in [6.07, 6.45) is 1.22. The number of hydrogen-bond acceptors (Lipinski definition) is 0. The number of alkyl halides is 1. The molecule has 0 heterocycles. The molecule has 1 unspecified atom stereocenters. The van der Waals surface area contributed by atoms with E-state index in [4.69, 9.17) is 0 Å². The highest BCUT2D eigenvalue weighted by Gasteiger charge is 2.32. The van der Waals surface area contributed by atoms with Gasteiger partial charge in [0, 0.05) is 4.83 Å². The van der Waals surface area contributed by atoms with E-state index in [9.17, 15) is 0 Å². The van der Waals surface area contributed by atoms with Crippen LogP contribution in [0.1, 0.15) is 6.42 Å². The minimum atomic E-state index is 0.697. The maximum Gasteiger partial charge on any atom is 0.0558 e. The highest BCUT2D eigenvalue weighted by Crippen LogP contribution is 2.44. The maximum atomic E-state index is 3.36. The molecule has 1 atom stereocenters. The second-order valence-corrected chi connectivity index (χ2v) is 3.24. The Hall–Kier alpha value is 0.960. The van der Waals surface area contributed by atoms with E-state index in [1.165, 1.54) is 11.2 Å². The first-order valence-electron chi connectivity index (χ1n) is 1.46. The van der Waals surface area contributed by atoms with Crippen LogP contribution in [0.5, 0.6) is 0 Å². The molecule has 0 N–H and O–H groups in total. The molecule has 0 aromatic heterocycles. The number of halogens is 2. The number of rotatable bonds is 0. The third-order valence-electron chi connectivity index (χ3n) is 0.554. The maximum absolute atomic E-state index is 3.36. The van der Waals surface area contributed by atoms with Crippen LogP contribution in [0.4, 0.5) is 0 Å². The van der Waals surface area contributed by atoms with Crippen LogP contribution in [0, 0.1) is 4.83 Å². The Bertz CT molecular complexity index is 38.2. The molecule has 1 saturated carbocycles. The summed E-state index contributed by atoms with van der Waals surface area (Å²) in [7, 11) is 0. The Kier molecular flexibility index (Phi) is 1.01. The summed E-state index contributed by atoms with van der Waals surface area (Å²) in [6, 6.07) is 0. The first-order chi connectivity index (χ1) is 2.30. The predicted octanol–water partition coefficient (Wildman–Crippen LogP) is 2.08. The van der Waals surface area contributed by atoms with Crippen LogP contribution in [0.2, 0.25) is 0 Å². The van der Waals surface area contributed by atoms with Gasteiger partial charge in [0.15, 0.2) is 0 Å². The average Bonchev–Trinajstić information content (AvgIpc) is 1.79. The van der Waals surface area contributed by atoms with Gasteiger partial charge in [-0.25, -0.2) is 0 Å². The summed E-state index contributed by atoms with van der Waals surface area (Å²) in [6.45, 7) is 0. The normalized spacial score (nSPS) is 38.4. The van der Waals surface area contributed by atoms with Crippen molar-refractivity contribution in [3.63, 3.8) is 0 Å². The van der Waals surface area contributed by atoms with Crippen molar-refractivity contribution in [1.29, 1.82) is 0 Å². The van der Waals surface area contributed by atoms with E-state index >= 15 is 0 Å². The average molecular weight is 199 g/mol. The Labute approximate surface area is 48.2 Å². The Morgan fingerprint density at radius 3 is 2.00 bits per heavy atom. The standard InChI is InChI=1S/C3H3Br2/c4-2-1-3(2)5/h2H,1H2. The van der Waals surface area contributed by atoms with Crippen molar-refractivity contribution in [2.45, 2.75) is 11.2 Å². The minimum absolute atomic E-state index is 0.697. The van der Waals surface area contributed by atoms with Gasteiger partial charge in [0.05, 0.1) is 4.83 Å². The van der Waals surface area contributed by atoms with Gasteiger partial charge in [0.2, 0.25) is 0 Å². The molecule has 5 heavy (non-hydrogen) atoms. The summed E-state index contributed by atoms with van der Waals surface area (Å²) in [5, 5.41) is 0. The van der Waals surface area contributed by atoms with E-state index < -0.39 is 0 Å². The predicted molar refractivity (Wildman–Crippen MR) is 29.5 cm³/mol. The molecule has 0 amide bonds. The molecule has 29 valence electrons. The van der Waals surface area contributed by atoms with Gasteiger partial charge in [-0.05, 0) is 6.42 Å². The third-order valence-corrected chi connectivity index (χ3v) is 2.92. The molecule has 1 aliphatic carbocycles. The van der Waals surface area contributed by atoms with Crippen molar-refractivity contribution >= 4 is 31.9 Å². The summed E-state index contributed by atoms with van der Waals surface area (Å²) in [4.78, 5) is 2.10. The van der Waals surface area contributed by atoms with Crippen molar-refractivity contribution in [3.8, 4) is 0 Å². The van der Waals surface area contributed by atoms with Crippen LogP contribution >= 0.6 is 31.9 Å². The molecule has 0 aromatic rings. The Morgan fingerprint density at radius 1 is 1.80 bits per heavy atom. The van der Waals surface area contributed by atoms with Crippen molar-refractivity contribution in [3.05, 3.63) is 4.83 Å². The molecule has 0 spiro atoms. The fourth-order valence-electron chi connectivity index (χ4n) is 0.112. The highest BCUT2D eigenvalue weighted by atomic mass is 79.9. The zero-order valence-corrected chi connectivity index (χ0v) is 5.71. The molecule has 1 aliphatic rings. The second kappa shape index (κ2) is 1.23. The quantitative estimate of drug-likeness (QED) is 0.523. The molecule has 1 fully saturated rings. The smallest absolute Gasteiger partial charge is 0.0558 e. The molecule has 0 nitrogen and oxygen atoms in total. The molecule has 0 aliphatic heterocycles. The van der Waals surface area contributed by atoms with E-state index in [-0.39, 0.29) is 0 Å². The molecule has 1 rings (SSSR count). The van der Waals surface area contributed by atoms with E-state index in [2.05, 4.69) is 31.9 Å². The van der Waals surface area contributed by atoms with Crippen molar-refractivity contribution in [1.82, 2.24) is 0 Å². The van der Waals surface area contributed by atoms with Crippen molar-refractivity contribution in [2.24, 2.45) is 0 Å². The lowest BCUT2D eigenvalue weighted by molar-refractivity contribution is 1.55. The SMILES string of the molecule is Br[C]1CC1Br. The molecule has 1 radical (unpaired) electrons. The lowest BCUT2D eigenvalue weighted by Gasteiger charge is -1.61. The van der Waals surface area contributed by atoms with E-state index in [0.717, 1.165) is 0 Å². The second-order valence-electron chi connectivity index (χ2n) is 1.12. The summed E-state index contributed by atoms with van der Waals surface area (Å²) in [5.41, 5.74) is 0. The summed E-state index contributed by atoms with van der Waals surface area (Å²) >= 11 is 6.68. The molecular formula is C3H3Br2. The zero-order chi connectivity index (χ0) is 3.86. The third kappa shape index (κ3) is 0.897. The van der Waals surface area contributed by atoms with Gasteiger partial charge in [-0.3, -0.25) is 0 Å². The fraction of sp³-hybridized carbons (Fsp3) is 0.667. The van der Waals surface area contributed by atoms with Crippen molar-refractivity contribution < 1.29 is 0 Å². The van der Waals surface area contributed by atoms with Crippen molar-refractivity contribution in [2.75, 3.05) is 0 Å². The number of hydrogen-bond donors (Lipinski definition) is 0. The van der Waals surface area contributed by atoms with Crippen LogP contribution < -0.4 is 0 Å². The van der Waals surface area contributed by atoms with Gasteiger partial charge in [-0.1, -0.05) is 31.9 Å². The van der Waals surface area contributed by atoms with E-state index in [1.807, 2.05) is 0 Å². The van der Waals surface area contributed by atoms with Crippen LogP contribution in [-0.4, -0.2) is 4.83 Å². The lowest BCUT2D eigenvalue weighted by Crippen LogP contribution is -1.51. The van der Waals surface area contributed by atoms with Gasteiger partial charge in [-0.2, -0.15) is 0 Å². The van der Waals surface area contributed by atoms with E-state index in [0.29, 0.717) is 4.83 Å². The first kappa shape index (κ1) is 4.13. The highest BCUT2D eigenvalue weighted by molar-refractivity contribution is 9.14. The van der Waals surface area contributed by atoms with E-state index in [1.54, 1.807) is 0 Å². The lowest BCUT2D eigenvalue weighted by atomic mass is 11.0. The van der Waals surface area contributed by atoms with Gasteiger partial charge in [0.1, 0.15) is 0 Å². The van der Waals surface area contributed by atoms with Gasteiger partial charge in [0.25, 0.3) is 0 Å². The topological polar surface area (TPSA) is 0 Å². The Morgan fingerprint density at radius 2 is 2.00 bits per heavy atom. The fourth-order valence-corrected chi connectivity index (χ4v) is 1.22. The molecule has 0 saturated heterocycles. The minimum Gasteiger partial charge on any atom is -0.0874 e. The van der Waals surface area contributed by atoms with Gasteiger partial charge >= 0.3 is 0 Å². The zero-order valence-electron chi connectivity index (χ0n) is 2.54. The molecule has 0 aromatic carbocycles.